The Bertz CT molecular complexity index is 1020. The van der Waals surface area contributed by atoms with Crippen LogP contribution in [-0.4, -0.2) is 44.1 Å². The lowest BCUT2D eigenvalue weighted by molar-refractivity contribution is -0.233. The van der Waals surface area contributed by atoms with Crippen LogP contribution in [-0.2, 0) is 24.4 Å². The maximum Gasteiger partial charge on any atom is 0.178 e. The molecular weight excluding hydrogens is 452 g/mol. The average Bonchev–Trinajstić information content (AvgIpc) is 3.47. The summed E-state index contributed by atoms with van der Waals surface area (Å²) in [4.78, 5) is 0. The fraction of sp³-hybridized carbons (Fsp3) is 0.581. The highest BCUT2D eigenvalue weighted by atomic mass is 16.8. The number of rotatable bonds is 7. The molecule has 0 N–H and O–H groups in total. The lowest BCUT2D eigenvalue weighted by atomic mass is 9.56. The van der Waals surface area contributed by atoms with E-state index in [1.54, 1.807) is 0 Å². The van der Waals surface area contributed by atoms with E-state index in [2.05, 4.69) is 63.2 Å². The third kappa shape index (κ3) is 4.49. The van der Waals surface area contributed by atoms with Crippen LogP contribution in [0.25, 0.3) is 0 Å². The van der Waals surface area contributed by atoms with E-state index in [-0.39, 0.29) is 17.4 Å². The largest absolute Gasteiger partial charge is 0.490 e. The van der Waals surface area contributed by atoms with Crippen LogP contribution in [0, 0.1) is 20.8 Å². The van der Waals surface area contributed by atoms with Gasteiger partial charge in [-0.3, -0.25) is 0 Å². The van der Waals surface area contributed by atoms with Gasteiger partial charge in [0.1, 0.15) is 18.5 Å². The van der Waals surface area contributed by atoms with Crippen LogP contribution >= 0.6 is 0 Å². The first kappa shape index (κ1) is 25.7. The third-order valence-corrected chi connectivity index (χ3v) is 8.30. The van der Waals surface area contributed by atoms with Gasteiger partial charge < -0.3 is 23.7 Å². The SMILES string of the molecule is [CH2]CC(c1cc(C)c(OC[C@@H]2COC(C)(C)O2)c(C)c1)C1(c2ccccc2)CCCCC12OCCO2. The molecule has 1 spiro atoms. The van der Waals surface area contributed by atoms with Gasteiger partial charge in [0.15, 0.2) is 11.6 Å². The zero-order chi connectivity index (χ0) is 25.4. The van der Waals surface area contributed by atoms with Gasteiger partial charge >= 0.3 is 0 Å². The molecule has 5 rings (SSSR count). The van der Waals surface area contributed by atoms with Gasteiger partial charge in [0.2, 0.25) is 0 Å². The van der Waals surface area contributed by atoms with Crippen molar-refractivity contribution in [1.29, 1.82) is 0 Å². The first-order chi connectivity index (χ1) is 17.3. The molecule has 2 unspecified atom stereocenters. The normalized spacial score (nSPS) is 27.9. The summed E-state index contributed by atoms with van der Waals surface area (Å²) in [6.45, 7) is 14.9. The molecule has 3 atom stereocenters. The summed E-state index contributed by atoms with van der Waals surface area (Å²) in [6.07, 6.45) is 4.89. The van der Waals surface area contributed by atoms with Gasteiger partial charge in [-0.2, -0.15) is 0 Å². The summed E-state index contributed by atoms with van der Waals surface area (Å²) in [5.41, 5.74) is 4.52. The molecule has 2 aliphatic heterocycles. The van der Waals surface area contributed by atoms with Crippen LogP contribution < -0.4 is 4.74 Å². The Hall–Kier alpha value is -1.92. The van der Waals surface area contributed by atoms with E-state index in [0.717, 1.165) is 49.0 Å². The van der Waals surface area contributed by atoms with Gasteiger partial charge in [-0.1, -0.05) is 55.8 Å². The molecule has 195 valence electrons. The summed E-state index contributed by atoms with van der Waals surface area (Å²) < 4.78 is 31.0. The van der Waals surface area contributed by atoms with Crippen molar-refractivity contribution in [1.82, 2.24) is 0 Å². The summed E-state index contributed by atoms with van der Waals surface area (Å²) in [7, 11) is 0. The van der Waals surface area contributed by atoms with Gasteiger partial charge in [-0.15, -0.1) is 0 Å². The first-order valence-corrected chi connectivity index (χ1v) is 13.5. The van der Waals surface area contributed by atoms with Crippen LogP contribution in [0.5, 0.6) is 5.75 Å². The standard InChI is InChI=1S/C31H41O5/c1-6-27(24-18-22(2)28(23(3)19-24)32-20-26-21-35-29(4,5)36-26)30(25-12-8-7-9-13-25)14-10-11-15-31(30)33-16-17-34-31/h7-9,12-13,18-19,26-27H,1,6,10-11,14-17,20-21H2,2-5H3/t26-,27?,30?/m1/s1. The molecule has 2 aromatic carbocycles. The molecule has 1 radical (unpaired) electrons. The van der Waals surface area contributed by atoms with E-state index in [1.807, 2.05) is 13.8 Å². The molecule has 3 fully saturated rings. The Morgan fingerprint density at radius 1 is 0.972 bits per heavy atom. The van der Waals surface area contributed by atoms with Crippen LogP contribution in [0.2, 0.25) is 0 Å². The van der Waals surface area contributed by atoms with Crippen LogP contribution in [0.1, 0.15) is 74.1 Å². The zero-order valence-electron chi connectivity index (χ0n) is 22.3. The fourth-order valence-electron chi connectivity index (χ4n) is 6.90. The minimum atomic E-state index is -0.613. The molecule has 2 saturated heterocycles. The number of hydrogen-bond donors (Lipinski definition) is 0. The van der Waals surface area contributed by atoms with Crippen molar-refractivity contribution < 1.29 is 23.7 Å². The maximum absolute atomic E-state index is 6.55. The zero-order valence-corrected chi connectivity index (χ0v) is 22.3. The van der Waals surface area contributed by atoms with Gasteiger partial charge in [0.25, 0.3) is 0 Å². The number of aryl methyl sites for hydroxylation is 2. The molecule has 0 aromatic heterocycles. The van der Waals surface area contributed by atoms with E-state index in [9.17, 15) is 0 Å². The van der Waals surface area contributed by atoms with Crippen molar-refractivity contribution >= 4 is 0 Å². The minimum absolute atomic E-state index is 0.0637. The highest BCUT2D eigenvalue weighted by molar-refractivity contribution is 5.47. The van der Waals surface area contributed by atoms with E-state index in [4.69, 9.17) is 23.7 Å². The first-order valence-electron chi connectivity index (χ1n) is 13.5. The van der Waals surface area contributed by atoms with Gasteiger partial charge in [-0.25, -0.2) is 0 Å². The predicted molar refractivity (Wildman–Crippen MR) is 140 cm³/mol. The molecule has 2 heterocycles. The van der Waals surface area contributed by atoms with Crippen molar-refractivity contribution in [2.24, 2.45) is 0 Å². The smallest absolute Gasteiger partial charge is 0.178 e. The second kappa shape index (κ2) is 10.1. The Balaban J connectivity index is 1.50. The molecule has 1 aliphatic carbocycles. The van der Waals surface area contributed by atoms with Gasteiger partial charge in [0.05, 0.1) is 25.2 Å². The lowest BCUT2D eigenvalue weighted by Gasteiger charge is -2.54. The lowest BCUT2D eigenvalue weighted by Crippen LogP contribution is -2.58. The van der Waals surface area contributed by atoms with Crippen LogP contribution in [0.4, 0.5) is 0 Å². The second-order valence-electron chi connectivity index (χ2n) is 11.1. The Labute approximate surface area is 216 Å². The van der Waals surface area contributed by atoms with Crippen molar-refractivity contribution in [3.8, 4) is 5.75 Å². The second-order valence-corrected chi connectivity index (χ2v) is 11.1. The Kier molecular flexibility index (Phi) is 7.21. The van der Waals surface area contributed by atoms with Crippen molar-refractivity contribution in [3.05, 3.63) is 71.6 Å². The van der Waals surface area contributed by atoms with E-state index in [1.165, 1.54) is 11.1 Å². The molecule has 1 saturated carbocycles. The van der Waals surface area contributed by atoms with Crippen LogP contribution in [0.3, 0.4) is 0 Å². The van der Waals surface area contributed by atoms with Gasteiger partial charge in [-0.05, 0) is 75.1 Å². The molecular formula is C31H41O5. The molecule has 3 aliphatic rings. The molecule has 5 heteroatoms. The highest BCUT2D eigenvalue weighted by Crippen LogP contribution is 2.59. The number of ether oxygens (including phenoxy) is 5. The third-order valence-electron chi connectivity index (χ3n) is 8.30. The van der Waals surface area contributed by atoms with E-state index in [0.29, 0.717) is 26.4 Å². The Morgan fingerprint density at radius 3 is 2.25 bits per heavy atom. The number of benzene rings is 2. The van der Waals surface area contributed by atoms with Crippen molar-refractivity contribution in [2.75, 3.05) is 26.4 Å². The number of hydrogen-bond acceptors (Lipinski definition) is 5. The molecule has 5 nitrogen and oxygen atoms in total. The summed E-state index contributed by atoms with van der Waals surface area (Å²) in [6, 6.07) is 15.4. The molecule has 0 amide bonds. The minimum Gasteiger partial charge on any atom is -0.490 e. The summed E-state index contributed by atoms with van der Waals surface area (Å²) >= 11 is 0. The molecule has 2 aromatic rings. The van der Waals surface area contributed by atoms with Gasteiger partial charge in [0, 0.05) is 6.42 Å². The fourth-order valence-corrected chi connectivity index (χ4v) is 6.90. The van der Waals surface area contributed by atoms with Crippen LogP contribution in [0.15, 0.2) is 42.5 Å². The maximum atomic E-state index is 6.55. The predicted octanol–water partition coefficient (Wildman–Crippen LogP) is 6.40. The summed E-state index contributed by atoms with van der Waals surface area (Å²) in [5, 5.41) is 0. The Morgan fingerprint density at radius 2 is 1.64 bits per heavy atom. The molecule has 0 bridgehead atoms. The summed E-state index contributed by atoms with van der Waals surface area (Å²) in [5.74, 6) is -0.0824. The average molecular weight is 494 g/mol. The monoisotopic (exact) mass is 493 g/mol. The highest BCUT2D eigenvalue weighted by Gasteiger charge is 2.61. The van der Waals surface area contributed by atoms with Crippen molar-refractivity contribution in [3.63, 3.8) is 0 Å². The quantitative estimate of drug-likeness (QED) is 0.447. The molecule has 36 heavy (non-hydrogen) atoms. The van der Waals surface area contributed by atoms with E-state index < -0.39 is 11.6 Å². The van der Waals surface area contributed by atoms with E-state index >= 15 is 0 Å². The topological polar surface area (TPSA) is 46.2 Å². The van der Waals surface area contributed by atoms with Crippen molar-refractivity contribution in [2.45, 2.75) is 88.8 Å².